The molecule has 0 aliphatic heterocycles. The normalized spacial score (nSPS) is 15.3. The monoisotopic (exact) mass is 205 g/mol. The van der Waals surface area contributed by atoms with Gasteiger partial charge in [0.15, 0.2) is 6.04 Å². The molecular formula is C9H19NO4. The maximum Gasteiger partial charge on any atom is 0.326 e. The van der Waals surface area contributed by atoms with Crippen LogP contribution in [-0.2, 0) is 9.63 Å². The molecule has 5 heteroatoms. The molecule has 0 bridgehead atoms. The average Bonchev–Trinajstić information content (AvgIpc) is 1.79. The molecule has 0 aromatic carbocycles. The van der Waals surface area contributed by atoms with Gasteiger partial charge in [0.25, 0.3) is 0 Å². The number of rotatable bonds is 4. The van der Waals surface area contributed by atoms with Crippen LogP contribution in [0.25, 0.3) is 0 Å². The minimum Gasteiger partial charge on any atom is -0.480 e. The second-order valence-electron chi connectivity index (χ2n) is 4.76. The van der Waals surface area contributed by atoms with E-state index in [0.717, 1.165) is 0 Å². The highest BCUT2D eigenvalue weighted by molar-refractivity contribution is 5.74. The maximum atomic E-state index is 10.8. The van der Waals surface area contributed by atoms with Gasteiger partial charge in [0.2, 0.25) is 0 Å². The van der Waals surface area contributed by atoms with E-state index in [1.165, 1.54) is 13.8 Å². The summed E-state index contributed by atoms with van der Waals surface area (Å²) in [4.78, 5) is 15.8. The Bertz CT molecular complexity index is 202. The summed E-state index contributed by atoms with van der Waals surface area (Å²) in [5.41, 5.74) is 0.471. The van der Waals surface area contributed by atoms with E-state index in [2.05, 4.69) is 5.48 Å². The fraction of sp³-hybridized carbons (Fsp3) is 0.889. The Morgan fingerprint density at radius 3 is 1.93 bits per heavy atom. The molecule has 1 unspecified atom stereocenters. The summed E-state index contributed by atoms with van der Waals surface area (Å²) in [5.74, 6) is -1.15. The van der Waals surface area contributed by atoms with Gasteiger partial charge in [-0.2, -0.15) is 5.48 Å². The topological polar surface area (TPSA) is 78.8 Å². The van der Waals surface area contributed by atoms with Crippen molar-refractivity contribution < 1.29 is 19.8 Å². The number of aliphatic carboxylic acids is 1. The van der Waals surface area contributed by atoms with Crippen molar-refractivity contribution in [1.82, 2.24) is 5.48 Å². The minimum atomic E-state index is -1.38. The van der Waals surface area contributed by atoms with Crippen LogP contribution in [0.15, 0.2) is 0 Å². The Kier molecular flexibility index (Phi) is 4.05. The Hall–Kier alpha value is -0.650. The largest absolute Gasteiger partial charge is 0.480 e. The Balaban J connectivity index is 4.35. The van der Waals surface area contributed by atoms with Crippen LogP contribution >= 0.6 is 0 Å². The summed E-state index contributed by atoms with van der Waals surface area (Å²) in [6, 6.07) is -1.15. The summed E-state index contributed by atoms with van der Waals surface area (Å²) in [6.07, 6.45) is 0. The molecule has 0 fully saturated rings. The van der Waals surface area contributed by atoms with Crippen LogP contribution in [0.2, 0.25) is 0 Å². The predicted octanol–water partition coefficient (Wildman–Crippen LogP) is 0.530. The zero-order valence-corrected chi connectivity index (χ0v) is 9.29. The zero-order chi connectivity index (χ0) is 11.6. The van der Waals surface area contributed by atoms with Gasteiger partial charge in [-0.15, -0.1) is 0 Å². The van der Waals surface area contributed by atoms with Crippen LogP contribution in [0.1, 0.15) is 34.6 Å². The molecule has 0 aliphatic carbocycles. The molecule has 0 aromatic heterocycles. The van der Waals surface area contributed by atoms with Gasteiger partial charge in [-0.05, 0) is 34.6 Å². The molecule has 0 heterocycles. The molecule has 1 atom stereocenters. The lowest BCUT2D eigenvalue weighted by Gasteiger charge is -2.29. The van der Waals surface area contributed by atoms with Crippen LogP contribution < -0.4 is 5.48 Å². The van der Waals surface area contributed by atoms with Crippen molar-refractivity contribution >= 4 is 5.97 Å². The first kappa shape index (κ1) is 13.4. The molecule has 3 N–H and O–H groups in total. The summed E-state index contributed by atoms with van der Waals surface area (Å²) >= 11 is 0. The smallest absolute Gasteiger partial charge is 0.326 e. The average molecular weight is 205 g/mol. The highest BCUT2D eigenvalue weighted by Crippen LogP contribution is 2.11. The zero-order valence-electron chi connectivity index (χ0n) is 9.29. The van der Waals surface area contributed by atoms with Gasteiger partial charge < -0.3 is 10.2 Å². The van der Waals surface area contributed by atoms with Crippen molar-refractivity contribution in [3.05, 3.63) is 0 Å². The molecule has 0 saturated carbocycles. The van der Waals surface area contributed by atoms with Crippen LogP contribution in [0, 0.1) is 0 Å². The highest BCUT2D eigenvalue weighted by Gasteiger charge is 2.34. The second kappa shape index (κ2) is 4.25. The van der Waals surface area contributed by atoms with Crippen molar-refractivity contribution in [2.45, 2.75) is 51.9 Å². The minimum absolute atomic E-state index is 0.501. The van der Waals surface area contributed by atoms with E-state index in [0.29, 0.717) is 0 Å². The number of hydrogen-bond acceptors (Lipinski definition) is 4. The van der Waals surface area contributed by atoms with E-state index in [4.69, 9.17) is 9.94 Å². The number of carboxylic acids is 1. The van der Waals surface area contributed by atoms with Crippen molar-refractivity contribution in [3.8, 4) is 0 Å². The van der Waals surface area contributed by atoms with E-state index in [1.54, 1.807) is 20.8 Å². The molecule has 0 rings (SSSR count). The first-order valence-corrected chi connectivity index (χ1v) is 4.43. The van der Waals surface area contributed by atoms with Gasteiger partial charge in [-0.1, -0.05) is 0 Å². The molecule has 0 aliphatic rings. The van der Waals surface area contributed by atoms with E-state index >= 15 is 0 Å². The molecule has 0 amide bonds. The molecule has 0 radical (unpaired) electrons. The Morgan fingerprint density at radius 2 is 1.71 bits per heavy atom. The lowest BCUT2D eigenvalue weighted by molar-refractivity contribution is -0.164. The predicted molar refractivity (Wildman–Crippen MR) is 51.7 cm³/mol. The Labute approximate surface area is 84.0 Å². The first-order chi connectivity index (χ1) is 6.04. The van der Waals surface area contributed by atoms with Crippen LogP contribution in [0.5, 0.6) is 0 Å². The summed E-state index contributed by atoms with van der Waals surface area (Å²) in [7, 11) is 0. The molecule has 5 nitrogen and oxygen atoms in total. The molecule has 0 aromatic rings. The molecule has 0 spiro atoms. The van der Waals surface area contributed by atoms with Gasteiger partial charge in [-0.25, -0.2) is 0 Å². The fourth-order valence-corrected chi connectivity index (χ4v) is 0.732. The van der Waals surface area contributed by atoms with Crippen LogP contribution in [0.3, 0.4) is 0 Å². The first-order valence-electron chi connectivity index (χ1n) is 4.43. The lowest BCUT2D eigenvalue weighted by atomic mass is 10.0. The van der Waals surface area contributed by atoms with Crippen molar-refractivity contribution in [2.75, 3.05) is 0 Å². The van der Waals surface area contributed by atoms with Gasteiger partial charge >= 0.3 is 5.97 Å². The van der Waals surface area contributed by atoms with Crippen molar-refractivity contribution in [1.29, 1.82) is 0 Å². The van der Waals surface area contributed by atoms with E-state index < -0.39 is 23.2 Å². The molecule has 0 saturated heterocycles. The lowest BCUT2D eigenvalue weighted by Crippen LogP contribution is -2.53. The van der Waals surface area contributed by atoms with E-state index in [9.17, 15) is 9.90 Å². The number of hydrogen-bond donors (Lipinski definition) is 3. The third-order valence-corrected chi connectivity index (χ3v) is 1.44. The summed E-state index contributed by atoms with van der Waals surface area (Å²) in [5, 5.41) is 18.3. The van der Waals surface area contributed by atoms with Gasteiger partial charge in [0, 0.05) is 0 Å². The highest BCUT2D eigenvalue weighted by atomic mass is 16.7. The quantitative estimate of drug-likeness (QED) is 0.583. The third kappa shape index (κ3) is 5.16. The SMILES string of the molecule is CC(C)(C)ONC(C(=O)O)C(C)(C)O. The fourth-order valence-electron chi connectivity index (χ4n) is 0.732. The van der Waals surface area contributed by atoms with Crippen LogP contribution in [0.4, 0.5) is 0 Å². The van der Waals surface area contributed by atoms with Crippen molar-refractivity contribution in [3.63, 3.8) is 0 Å². The van der Waals surface area contributed by atoms with Gasteiger partial charge in [-0.3, -0.25) is 9.63 Å². The summed E-state index contributed by atoms with van der Waals surface area (Å²) < 4.78 is 0. The van der Waals surface area contributed by atoms with Gasteiger partial charge in [0.1, 0.15) is 0 Å². The molecular weight excluding hydrogens is 186 g/mol. The number of carboxylic acid groups (broad SMARTS) is 1. The second-order valence-corrected chi connectivity index (χ2v) is 4.76. The van der Waals surface area contributed by atoms with Crippen LogP contribution in [-0.4, -0.2) is 33.4 Å². The molecule has 84 valence electrons. The standard InChI is InChI=1S/C9H19NO4/c1-8(2,3)14-10-6(7(11)12)9(4,5)13/h6,10,13H,1-5H3,(H,11,12). The van der Waals surface area contributed by atoms with Gasteiger partial charge in [0.05, 0.1) is 11.2 Å². The summed E-state index contributed by atoms with van der Waals surface area (Å²) in [6.45, 7) is 8.16. The number of hydroxylamine groups is 1. The molecule has 14 heavy (non-hydrogen) atoms. The Morgan fingerprint density at radius 1 is 1.29 bits per heavy atom. The maximum absolute atomic E-state index is 10.8. The van der Waals surface area contributed by atoms with E-state index in [1.807, 2.05) is 0 Å². The number of carbonyl (C=O) groups is 1. The number of aliphatic hydroxyl groups is 1. The van der Waals surface area contributed by atoms with E-state index in [-0.39, 0.29) is 0 Å². The third-order valence-electron chi connectivity index (χ3n) is 1.44. The number of nitrogens with one attached hydrogen (secondary N) is 1. The van der Waals surface area contributed by atoms with Crippen molar-refractivity contribution in [2.24, 2.45) is 0 Å².